The van der Waals surface area contributed by atoms with Crippen molar-refractivity contribution in [1.29, 1.82) is 0 Å². The van der Waals surface area contributed by atoms with Crippen molar-refractivity contribution in [1.82, 2.24) is 5.32 Å². The number of nitrogens with zero attached hydrogens (tertiary/aromatic N) is 1. The van der Waals surface area contributed by atoms with Crippen molar-refractivity contribution in [3.05, 3.63) is 101 Å². The molecule has 3 aromatic rings. The molecule has 1 N–H and O–H groups in total. The summed E-state index contributed by atoms with van der Waals surface area (Å²) in [7, 11) is 0. The molecular formula is C24H17ClN2O4. The van der Waals surface area contributed by atoms with Crippen molar-refractivity contribution >= 4 is 41.2 Å². The van der Waals surface area contributed by atoms with E-state index in [1.54, 1.807) is 60.7 Å². The van der Waals surface area contributed by atoms with Gasteiger partial charge < -0.3 is 4.74 Å². The number of halogens is 1. The lowest BCUT2D eigenvalue weighted by Crippen LogP contribution is -2.54. The van der Waals surface area contributed by atoms with Gasteiger partial charge in [0.15, 0.2) is 0 Å². The van der Waals surface area contributed by atoms with Gasteiger partial charge in [-0.05, 0) is 53.6 Å². The molecule has 154 valence electrons. The molecule has 1 saturated heterocycles. The Labute approximate surface area is 183 Å². The highest BCUT2D eigenvalue weighted by Gasteiger charge is 2.36. The summed E-state index contributed by atoms with van der Waals surface area (Å²) in [4.78, 5) is 38.2. The van der Waals surface area contributed by atoms with Crippen molar-refractivity contribution < 1.29 is 19.1 Å². The van der Waals surface area contributed by atoms with Crippen molar-refractivity contribution in [3.8, 4) is 5.75 Å². The molecule has 0 spiro atoms. The first-order valence-electron chi connectivity index (χ1n) is 9.45. The lowest BCUT2D eigenvalue weighted by Gasteiger charge is -2.26. The van der Waals surface area contributed by atoms with Crippen LogP contribution in [0.1, 0.15) is 11.1 Å². The summed E-state index contributed by atoms with van der Waals surface area (Å²) in [6, 6.07) is 22.0. The number of hydrogen-bond acceptors (Lipinski definition) is 4. The summed E-state index contributed by atoms with van der Waals surface area (Å²) in [6.07, 6.45) is 1.45. The average Bonchev–Trinajstić information content (AvgIpc) is 2.77. The van der Waals surface area contributed by atoms with Crippen molar-refractivity contribution in [2.24, 2.45) is 0 Å². The van der Waals surface area contributed by atoms with E-state index in [0.29, 0.717) is 28.6 Å². The van der Waals surface area contributed by atoms with Gasteiger partial charge in [0, 0.05) is 5.02 Å². The van der Waals surface area contributed by atoms with Gasteiger partial charge in [0.25, 0.3) is 11.8 Å². The van der Waals surface area contributed by atoms with Crippen LogP contribution in [0.4, 0.5) is 10.5 Å². The number of barbiturate groups is 1. The van der Waals surface area contributed by atoms with Crippen molar-refractivity contribution in [3.63, 3.8) is 0 Å². The van der Waals surface area contributed by atoms with E-state index in [2.05, 4.69) is 5.32 Å². The van der Waals surface area contributed by atoms with Gasteiger partial charge in [-0.2, -0.15) is 0 Å². The van der Waals surface area contributed by atoms with Crippen LogP contribution in [0.2, 0.25) is 5.02 Å². The topological polar surface area (TPSA) is 75.7 Å². The van der Waals surface area contributed by atoms with Crippen LogP contribution in [0, 0.1) is 0 Å². The van der Waals surface area contributed by atoms with Crippen LogP contribution in [0.15, 0.2) is 84.4 Å². The molecule has 0 saturated carbocycles. The SMILES string of the molecule is O=C1NC(=O)N(c2ccccc2)C(=O)/C1=C/c1ccc(OCc2cccc(Cl)c2)cc1. The maximum Gasteiger partial charge on any atom is 0.335 e. The molecule has 4 amide bonds. The van der Waals surface area contributed by atoms with E-state index in [9.17, 15) is 14.4 Å². The monoisotopic (exact) mass is 432 g/mol. The third-order valence-electron chi connectivity index (χ3n) is 4.60. The van der Waals surface area contributed by atoms with Gasteiger partial charge in [0.05, 0.1) is 5.69 Å². The first kappa shape index (κ1) is 20.4. The molecular weight excluding hydrogens is 416 g/mol. The second-order valence-electron chi connectivity index (χ2n) is 6.78. The van der Waals surface area contributed by atoms with Crippen LogP contribution in [-0.2, 0) is 16.2 Å². The number of hydrogen-bond donors (Lipinski definition) is 1. The van der Waals surface area contributed by atoms with Crippen LogP contribution in [0.25, 0.3) is 6.08 Å². The molecule has 0 aliphatic carbocycles. The summed E-state index contributed by atoms with van der Waals surface area (Å²) in [5.74, 6) is -0.785. The first-order valence-corrected chi connectivity index (χ1v) is 9.83. The summed E-state index contributed by atoms with van der Waals surface area (Å²) in [5, 5.41) is 2.85. The van der Waals surface area contributed by atoms with Crippen LogP contribution in [0.5, 0.6) is 5.75 Å². The Bertz CT molecular complexity index is 1170. The number of para-hydroxylation sites is 1. The number of anilines is 1. The Kier molecular flexibility index (Phi) is 5.82. The van der Waals surface area contributed by atoms with Gasteiger partial charge in [-0.15, -0.1) is 0 Å². The van der Waals surface area contributed by atoms with E-state index in [-0.39, 0.29) is 5.57 Å². The Balaban J connectivity index is 1.51. The zero-order valence-corrected chi connectivity index (χ0v) is 17.0. The van der Waals surface area contributed by atoms with Gasteiger partial charge in [-0.25, -0.2) is 9.69 Å². The fourth-order valence-corrected chi connectivity index (χ4v) is 3.30. The maximum absolute atomic E-state index is 12.8. The molecule has 7 heteroatoms. The molecule has 3 aromatic carbocycles. The quantitative estimate of drug-likeness (QED) is 0.472. The van der Waals surface area contributed by atoms with E-state index < -0.39 is 17.8 Å². The van der Waals surface area contributed by atoms with Gasteiger partial charge in [0.1, 0.15) is 17.9 Å². The van der Waals surface area contributed by atoms with Gasteiger partial charge >= 0.3 is 6.03 Å². The minimum atomic E-state index is -0.775. The Hall–Kier alpha value is -3.90. The highest BCUT2D eigenvalue weighted by molar-refractivity contribution is 6.39. The van der Waals surface area contributed by atoms with E-state index >= 15 is 0 Å². The predicted molar refractivity (Wildman–Crippen MR) is 118 cm³/mol. The largest absolute Gasteiger partial charge is 0.489 e. The van der Waals surface area contributed by atoms with E-state index in [1.165, 1.54) is 6.08 Å². The number of nitrogens with one attached hydrogen (secondary N) is 1. The molecule has 0 atom stereocenters. The Morgan fingerprint density at radius 3 is 2.35 bits per heavy atom. The van der Waals surface area contributed by atoms with Gasteiger partial charge in [0.2, 0.25) is 0 Å². The first-order chi connectivity index (χ1) is 15.0. The van der Waals surface area contributed by atoms with E-state index in [4.69, 9.17) is 16.3 Å². The van der Waals surface area contributed by atoms with Crippen molar-refractivity contribution in [2.75, 3.05) is 4.90 Å². The number of ether oxygens (including phenoxy) is 1. The number of urea groups is 1. The van der Waals surface area contributed by atoms with E-state index in [1.807, 2.05) is 18.2 Å². The third kappa shape index (κ3) is 4.65. The fraction of sp³-hybridized carbons (Fsp3) is 0.0417. The summed E-state index contributed by atoms with van der Waals surface area (Å²) in [6.45, 7) is 0.357. The molecule has 0 aromatic heterocycles. The molecule has 0 unspecified atom stereocenters. The zero-order chi connectivity index (χ0) is 21.8. The van der Waals surface area contributed by atoms with Gasteiger partial charge in [-0.3, -0.25) is 14.9 Å². The Morgan fingerprint density at radius 2 is 1.65 bits per heavy atom. The molecule has 0 bridgehead atoms. The summed E-state index contributed by atoms with van der Waals surface area (Å²) < 4.78 is 5.74. The third-order valence-corrected chi connectivity index (χ3v) is 4.84. The highest BCUT2D eigenvalue weighted by Crippen LogP contribution is 2.22. The minimum absolute atomic E-state index is 0.129. The lowest BCUT2D eigenvalue weighted by atomic mass is 10.1. The molecule has 4 rings (SSSR count). The zero-order valence-electron chi connectivity index (χ0n) is 16.2. The molecule has 31 heavy (non-hydrogen) atoms. The standard InChI is InChI=1S/C24H17ClN2O4/c25-18-6-4-5-17(13-18)15-31-20-11-9-16(10-12-20)14-21-22(28)26-24(30)27(23(21)29)19-7-2-1-3-8-19/h1-14H,15H2,(H,26,28,30)/b21-14+. The van der Waals surface area contributed by atoms with Crippen LogP contribution >= 0.6 is 11.6 Å². The normalized spacial score (nSPS) is 15.2. The molecule has 1 heterocycles. The van der Waals surface area contributed by atoms with Crippen molar-refractivity contribution in [2.45, 2.75) is 6.61 Å². The maximum atomic E-state index is 12.8. The number of rotatable bonds is 5. The number of carbonyl (C=O) groups is 3. The molecule has 0 radical (unpaired) electrons. The number of amides is 4. The smallest absolute Gasteiger partial charge is 0.335 e. The second-order valence-corrected chi connectivity index (χ2v) is 7.22. The number of benzene rings is 3. The fourth-order valence-electron chi connectivity index (χ4n) is 3.09. The molecule has 1 aliphatic heterocycles. The Morgan fingerprint density at radius 1 is 0.903 bits per heavy atom. The summed E-state index contributed by atoms with van der Waals surface area (Å²) in [5.41, 5.74) is 1.81. The van der Waals surface area contributed by atoms with Crippen LogP contribution in [0.3, 0.4) is 0 Å². The number of imide groups is 2. The highest BCUT2D eigenvalue weighted by atomic mass is 35.5. The molecule has 1 fully saturated rings. The molecule has 6 nitrogen and oxygen atoms in total. The predicted octanol–water partition coefficient (Wildman–Crippen LogP) is 4.59. The number of carbonyl (C=O) groups excluding carboxylic acids is 3. The van der Waals surface area contributed by atoms with Crippen LogP contribution in [-0.4, -0.2) is 17.8 Å². The van der Waals surface area contributed by atoms with Gasteiger partial charge in [-0.1, -0.05) is 54.1 Å². The van der Waals surface area contributed by atoms with Crippen LogP contribution < -0.4 is 15.0 Å². The van der Waals surface area contributed by atoms with E-state index in [0.717, 1.165) is 10.5 Å². The summed E-state index contributed by atoms with van der Waals surface area (Å²) >= 11 is 5.98. The minimum Gasteiger partial charge on any atom is -0.489 e. The second kappa shape index (κ2) is 8.85. The molecule has 1 aliphatic rings. The lowest BCUT2D eigenvalue weighted by molar-refractivity contribution is -0.122. The average molecular weight is 433 g/mol.